The van der Waals surface area contributed by atoms with Crippen LogP contribution in [0.5, 0.6) is 0 Å². The van der Waals surface area contributed by atoms with Crippen LogP contribution in [0.25, 0.3) is 0 Å². The normalized spacial score (nSPS) is 16.5. The van der Waals surface area contributed by atoms with Gasteiger partial charge in [-0.1, -0.05) is 35.9 Å². The van der Waals surface area contributed by atoms with Gasteiger partial charge in [0, 0.05) is 49.9 Å². The highest BCUT2D eigenvalue weighted by Gasteiger charge is 2.29. The maximum absolute atomic E-state index is 12.7. The molecule has 7 nitrogen and oxygen atoms in total. The molecule has 0 atom stereocenters. The molecule has 26 heavy (non-hydrogen) atoms. The number of benzene rings is 2. The number of halogens is 1. The summed E-state index contributed by atoms with van der Waals surface area (Å²) in [5.74, 6) is 0. The van der Waals surface area contributed by atoms with E-state index in [1.54, 1.807) is 0 Å². The highest BCUT2D eigenvalue weighted by Crippen LogP contribution is 2.23. The van der Waals surface area contributed by atoms with Crippen LogP contribution in [0.4, 0.5) is 5.69 Å². The predicted octanol–water partition coefficient (Wildman–Crippen LogP) is 2.75. The average Bonchev–Trinajstić information content (AvgIpc) is 2.64. The van der Waals surface area contributed by atoms with E-state index in [9.17, 15) is 18.5 Å². The Morgan fingerprint density at radius 1 is 1.04 bits per heavy atom. The van der Waals surface area contributed by atoms with Gasteiger partial charge >= 0.3 is 0 Å². The van der Waals surface area contributed by atoms with Crippen molar-refractivity contribution in [3.8, 4) is 0 Å². The van der Waals surface area contributed by atoms with Gasteiger partial charge in [-0.15, -0.1) is 0 Å². The Hall–Kier alpha value is -2.00. The van der Waals surface area contributed by atoms with Gasteiger partial charge < -0.3 is 0 Å². The zero-order valence-electron chi connectivity index (χ0n) is 13.9. The molecule has 2 aromatic carbocycles. The van der Waals surface area contributed by atoms with Crippen LogP contribution in [-0.4, -0.2) is 48.7 Å². The lowest BCUT2D eigenvalue weighted by atomic mass is 10.2. The molecule has 1 aliphatic heterocycles. The van der Waals surface area contributed by atoms with E-state index in [4.69, 9.17) is 11.6 Å². The van der Waals surface area contributed by atoms with Crippen molar-refractivity contribution in [3.63, 3.8) is 0 Å². The van der Waals surface area contributed by atoms with E-state index in [1.807, 2.05) is 24.3 Å². The van der Waals surface area contributed by atoms with Crippen molar-refractivity contribution in [1.29, 1.82) is 0 Å². The summed E-state index contributed by atoms with van der Waals surface area (Å²) in [6.07, 6.45) is 0. The van der Waals surface area contributed by atoms with Crippen molar-refractivity contribution in [3.05, 3.63) is 69.2 Å². The number of nitro benzene ring substituents is 1. The summed E-state index contributed by atoms with van der Waals surface area (Å²) in [6.45, 7) is 2.45. The number of hydrogen-bond acceptors (Lipinski definition) is 5. The molecule has 0 aliphatic carbocycles. The third-order valence-corrected chi connectivity index (χ3v) is 6.61. The summed E-state index contributed by atoms with van der Waals surface area (Å²) < 4.78 is 26.9. The van der Waals surface area contributed by atoms with Crippen LogP contribution >= 0.6 is 11.6 Å². The molecule has 0 aromatic heterocycles. The number of sulfonamides is 1. The van der Waals surface area contributed by atoms with Gasteiger partial charge in [0.15, 0.2) is 0 Å². The maximum atomic E-state index is 12.7. The third kappa shape index (κ3) is 4.04. The molecule has 0 bridgehead atoms. The molecule has 1 fully saturated rings. The van der Waals surface area contributed by atoms with Crippen LogP contribution in [0.1, 0.15) is 5.56 Å². The monoisotopic (exact) mass is 395 g/mol. The number of rotatable bonds is 5. The minimum Gasteiger partial charge on any atom is -0.296 e. The summed E-state index contributed by atoms with van der Waals surface area (Å²) in [5, 5.41) is 11.6. The zero-order valence-corrected chi connectivity index (χ0v) is 15.5. The Morgan fingerprint density at radius 3 is 2.38 bits per heavy atom. The molecule has 138 valence electrons. The molecular weight excluding hydrogens is 378 g/mol. The number of nitrogens with zero attached hydrogens (tertiary/aromatic N) is 3. The molecule has 0 unspecified atom stereocenters. The van der Waals surface area contributed by atoms with Crippen molar-refractivity contribution in [2.45, 2.75) is 11.4 Å². The fourth-order valence-electron chi connectivity index (χ4n) is 2.90. The van der Waals surface area contributed by atoms with E-state index >= 15 is 0 Å². The summed E-state index contributed by atoms with van der Waals surface area (Å²) in [6, 6.07) is 12.7. The summed E-state index contributed by atoms with van der Waals surface area (Å²) in [5.41, 5.74) is 0.771. The largest absolute Gasteiger partial charge is 0.296 e. The van der Waals surface area contributed by atoms with E-state index in [2.05, 4.69) is 4.90 Å². The first-order chi connectivity index (χ1) is 12.4. The lowest BCUT2D eigenvalue weighted by Crippen LogP contribution is -2.48. The SMILES string of the molecule is O=[N+]([O-])c1cccc(S(=O)(=O)N2CCN(Cc3ccccc3Cl)CC2)c1. The van der Waals surface area contributed by atoms with Crippen LogP contribution in [-0.2, 0) is 16.6 Å². The molecule has 9 heteroatoms. The standard InChI is InChI=1S/C17H18ClN3O4S/c18-17-7-2-1-4-14(17)13-19-8-10-20(11-9-19)26(24,25)16-6-3-5-15(12-16)21(22)23/h1-7,12H,8-11,13H2. The van der Waals surface area contributed by atoms with Crippen LogP contribution in [0.15, 0.2) is 53.4 Å². The molecule has 0 radical (unpaired) electrons. The van der Waals surface area contributed by atoms with E-state index in [0.29, 0.717) is 37.7 Å². The molecule has 2 aromatic rings. The number of non-ortho nitro benzene ring substituents is 1. The Balaban J connectivity index is 1.68. The second-order valence-corrected chi connectivity index (χ2v) is 8.37. The highest BCUT2D eigenvalue weighted by atomic mass is 35.5. The van der Waals surface area contributed by atoms with Crippen molar-refractivity contribution >= 4 is 27.3 Å². The van der Waals surface area contributed by atoms with Gasteiger partial charge in [0.1, 0.15) is 0 Å². The van der Waals surface area contributed by atoms with Gasteiger partial charge in [-0.3, -0.25) is 15.0 Å². The van der Waals surface area contributed by atoms with Gasteiger partial charge in [-0.05, 0) is 17.7 Å². The Labute approximate surface area is 157 Å². The van der Waals surface area contributed by atoms with E-state index in [-0.39, 0.29) is 10.6 Å². The molecule has 0 spiro atoms. The van der Waals surface area contributed by atoms with Crippen molar-refractivity contribution in [1.82, 2.24) is 9.21 Å². The summed E-state index contributed by atoms with van der Waals surface area (Å²) in [4.78, 5) is 12.4. The molecule has 0 saturated carbocycles. The number of nitro groups is 1. The Kier molecular flexibility index (Phi) is 5.57. The fourth-order valence-corrected chi connectivity index (χ4v) is 4.56. The number of hydrogen-bond donors (Lipinski definition) is 0. The Bertz CT molecular complexity index is 912. The minimum absolute atomic E-state index is 0.0498. The number of piperazine rings is 1. The first-order valence-electron chi connectivity index (χ1n) is 8.08. The minimum atomic E-state index is -3.75. The quantitative estimate of drug-likeness (QED) is 0.574. The van der Waals surface area contributed by atoms with E-state index < -0.39 is 14.9 Å². The average molecular weight is 396 g/mol. The van der Waals surface area contributed by atoms with Crippen molar-refractivity contribution in [2.75, 3.05) is 26.2 Å². The van der Waals surface area contributed by atoms with E-state index in [0.717, 1.165) is 11.6 Å². The zero-order chi connectivity index (χ0) is 18.7. The van der Waals surface area contributed by atoms with Gasteiger partial charge in [0.2, 0.25) is 10.0 Å². The van der Waals surface area contributed by atoms with E-state index in [1.165, 1.54) is 22.5 Å². The maximum Gasteiger partial charge on any atom is 0.270 e. The second kappa shape index (κ2) is 7.71. The van der Waals surface area contributed by atoms with Crippen LogP contribution < -0.4 is 0 Å². The van der Waals surface area contributed by atoms with Crippen molar-refractivity contribution in [2.24, 2.45) is 0 Å². The van der Waals surface area contributed by atoms with Crippen LogP contribution in [0, 0.1) is 10.1 Å². The molecular formula is C17H18ClN3O4S. The highest BCUT2D eigenvalue weighted by molar-refractivity contribution is 7.89. The van der Waals surface area contributed by atoms with Gasteiger partial charge in [0.05, 0.1) is 9.82 Å². The topological polar surface area (TPSA) is 83.8 Å². The first-order valence-corrected chi connectivity index (χ1v) is 9.90. The summed E-state index contributed by atoms with van der Waals surface area (Å²) >= 11 is 6.18. The smallest absolute Gasteiger partial charge is 0.270 e. The fraction of sp³-hybridized carbons (Fsp3) is 0.294. The molecule has 1 saturated heterocycles. The second-order valence-electron chi connectivity index (χ2n) is 6.03. The van der Waals surface area contributed by atoms with Crippen molar-refractivity contribution < 1.29 is 13.3 Å². The van der Waals surface area contributed by atoms with Crippen LogP contribution in [0.3, 0.4) is 0 Å². The lowest BCUT2D eigenvalue weighted by molar-refractivity contribution is -0.385. The van der Waals surface area contributed by atoms with Gasteiger partial charge in [-0.2, -0.15) is 4.31 Å². The van der Waals surface area contributed by atoms with Gasteiger partial charge in [-0.25, -0.2) is 8.42 Å². The van der Waals surface area contributed by atoms with Crippen LogP contribution in [0.2, 0.25) is 5.02 Å². The summed E-state index contributed by atoms with van der Waals surface area (Å²) in [7, 11) is -3.75. The third-order valence-electron chi connectivity index (χ3n) is 4.35. The predicted molar refractivity (Wildman–Crippen MR) is 98.6 cm³/mol. The molecule has 0 N–H and O–H groups in total. The Morgan fingerprint density at radius 2 is 1.73 bits per heavy atom. The lowest BCUT2D eigenvalue weighted by Gasteiger charge is -2.34. The molecule has 1 heterocycles. The molecule has 1 aliphatic rings. The van der Waals surface area contributed by atoms with Gasteiger partial charge in [0.25, 0.3) is 5.69 Å². The first kappa shape index (κ1) is 18.8. The molecule has 0 amide bonds. The molecule has 3 rings (SSSR count).